The van der Waals surface area contributed by atoms with Crippen molar-refractivity contribution in [2.75, 3.05) is 7.11 Å². The van der Waals surface area contributed by atoms with E-state index in [9.17, 15) is 0 Å². The highest BCUT2D eigenvalue weighted by molar-refractivity contribution is 9.10. The van der Waals surface area contributed by atoms with Crippen LogP contribution < -0.4 is 4.74 Å². The maximum atomic E-state index is 5.08. The second-order valence-electron chi connectivity index (χ2n) is 3.16. The van der Waals surface area contributed by atoms with Gasteiger partial charge in [-0.1, -0.05) is 33.3 Å². The first kappa shape index (κ1) is 10.6. The molecule has 78 valence electrons. The van der Waals surface area contributed by atoms with Gasteiger partial charge < -0.3 is 4.74 Å². The molecular weight excluding hydrogens is 274 g/mol. The van der Waals surface area contributed by atoms with Crippen LogP contribution in [0.4, 0.5) is 0 Å². The van der Waals surface area contributed by atoms with Crippen molar-refractivity contribution in [2.24, 2.45) is 0 Å². The van der Waals surface area contributed by atoms with E-state index >= 15 is 0 Å². The van der Waals surface area contributed by atoms with Gasteiger partial charge in [-0.25, -0.2) is 4.98 Å². The van der Waals surface area contributed by atoms with Crippen LogP contribution in [0.2, 0.25) is 0 Å². The molecule has 0 atom stereocenters. The maximum absolute atomic E-state index is 5.08. The van der Waals surface area contributed by atoms with Crippen LogP contribution in [0.15, 0.2) is 28.1 Å². The zero-order chi connectivity index (χ0) is 10.8. The third-order valence-corrected chi connectivity index (χ3v) is 3.43. The van der Waals surface area contributed by atoms with Crippen molar-refractivity contribution in [3.63, 3.8) is 0 Å². The van der Waals surface area contributed by atoms with Crippen LogP contribution in [0.25, 0.3) is 11.3 Å². The Balaban J connectivity index is 2.48. The van der Waals surface area contributed by atoms with Crippen LogP contribution in [0.1, 0.15) is 5.56 Å². The number of rotatable bonds is 2. The van der Waals surface area contributed by atoms with Crippen LogP contribution in [0.5, 0.6) is 5.19 Å². The van der Waals surface area contributed by atoms with Crippen LogP contribution in [-0.4, -0.2) is 12.1 Å². The first-order valence-corrected chi connectivity index (χ1v) is 6.14. The van der Waals surface area contributed by atoms with E-state index in [1.165, 1.54) is 16.9 Å². The molecule has 0 spiro atoms. The van der Waals surface area contributed by atoms with Gasteiger partial charge in [-0.3, -0.25) is 0 Å². The third-order valence-electron chi connectivity index (χ3n) is 2.13. The predicted octanol–water partition coefficient (Wildman–Crippen LogP) is 3.89. The number of halogens is 1. The van der Waals surface area contributed by atoms with Crippen molar-refractivity contribution in [3.8, 4) is 16.5 Å². The summed E-state index contributed by atoms with van der Waals surface area (Å²) >= 11 is 4.97. The summed E-state index contributed by atoms with van der Waals surface area (Å²) in [6, 6.07) is 6.18. The molecule has 0 saturated carbocycles. The van der Waals surface area contributed by atoms with Crippen LogP contribution in [0.3, 0.4) is 0 Å². The number of nitrogens with zero attached hydrogens (tertiary/aromatic N) is 1. The summed E-state index contributed by atoms with van der Waals surface area (Å²) in [5.41, 5.74) is 3.32. The van der Waals surface area contributed by atoms with Crippen LogP contribution >= 0.6 is 27.3 Å². The largest absolute Gasteiger partial charge is 0.473 e. The molecule has 0 amide bonds. The van der Waals surface area contributed by atoms with E-state index in [2.05, 4.69) is 40.0 Å². The number of hydrogen-bond acceptors (Lipinski definition) is 3. The minimum atomic E-state index is 0.698. The molecule has 2 nitrogen and oxygen atoms in total. The molecule has 0 aliphatic carbocycles. The van der Waals surface area contributed by atoms with E-state index < -0.39 is 0 Å². The highest BCUT2D eigenvalue weighted by atomic mass is 79.9. The summed E-state index contributed by atoms with van der Waals surface area (Å²) in [4.78, 5) is 4.38. The molecule has 2 rings (SSSR count). The minimum Gasteiger partial charge on any atom is -0.473 e. The lowest BCUT2D eigenvalue weighted by atomic mass is 10.1. The molecule has 0 unspecified atom stereocenters. The number of aryl methyl sites for hydroxylation is 1. The third kappa shape index (κ3) is 2.21. The van der Waals surface area contributed by atoms with E-state index in [0.29, 0.717) is 5.19 Å². The lowest BCUT2D eigenvalue weighted by Gasteiger charge is -2.02. The predicted molar refractivity (Wildman–Crippen MR) is 66.5 cm³/mol. The van der Waals surface area contributed by atoms with E-state index in [0.717, 1.165) is 15.7 Å². The average Bonchev–Trinajstić information content (AvgIpc) is 2.70. The number of benzene rings is 1. The summed E-state index contributed by atoms with van der Waals surface area (Å²) in [7, 11) is 1.64. The fraction of sp³-hybridized carbons (Fsp3) is 0.182. The molecular formula is C11H10BrNOS. The summed E-state index contributed by atoms with van der Waals surface area (Å²) in [6.45, 7) is 2.08. The highest BCUT2D eigenvalue weighted by Crippen LogP contribution is 2.30. The van der Waals surface area contributed by atoms with Gasteiger partial charge in [-0.2, -0.15) is 0 Å². The molecule has 0 aliphatic rings. The fourth-order valence-corrected chi connectivity index (χ4v) is 2.35. The molecule has 15 heavy (non-hydrogen) atoms. The molecule has 0 radical (unpaired) electrons. The molecule has 0 saturated heterocycles. The first-order chi connectivity index (χ1) is 7.20. The van der Waals surface area contributed by atoms with E-state index in [-0.39, 0.29) is 0 Å². The highest BCUT2D eigenvalue weighted by Gasteiger charge is 2.07. The molecule has 1 aromatic heterocycles. The Morgan fingerprint density at radius 3 is 2.87 bits per heavy atom. The Labute approximate surface area is 101 Å². The Hall–Kier alpha value is -0.870. The van der Waals surface area contributed by atoms with Gasteiger partial charge in [0.15, 0.2) is 0 Å². The number of thiazole rings is 1. The Morgan fingerprint density at radius 1 is 1.40 bits per heavy atom. The Bertz CT molecular complexity index is 481. The van der Waals surface area contributed by atoms with Gasteiger partial charge in [-0.05, 0) is 24.6 Å². The molecule has 0 N–H and O–H groups in total. The first-order valence-electron chi connectivity index (χ1n) is 4.47. The normalized spacial score (nSPS) is 10.3. The van der Waals surface area contributed by atoms with Crippen LogP contribution in [0, 0.1) is 6.92 Å². The number of ether oxygens (including phenoxy) is 1. The lowest BCUT2D eigenvalue weighted by molar-refractivity contribution is 0.412. The fourth-order valence-electron chi connectivity index (χ4n) is 1.34. The van der Waals surface area contributed by atoms with Crippen molar-refractivity contribution in [3.05, 3.63) is 33.6 Å². The summed E-state index contributed by atoms with van der Waals surface area (Å²) in [5, 5.41) is 2.71. The summed E-state index contributed by atoms with van der Waals surface area (Å²) in [5.74, 6) is 0. The SMILES string of the molecule is COc1nc(-c2cc(Br)ccc2C)cs1. The van der Waals surface area contributed by atoms with Gasteiger partial charge >= 0.3 is 0 Å². The van der Waals surface area contributed by atoms with E-state index in [1.807, 2.05) is 11.4 Å². The number of methoxy groups -OCH3 is 1. The smallest absolute Gasteiger partial charge is 0.273 e. The molecule has 2 aromatic rings. The van der Waals surface area contributed by atoms with Gasteiger partial charge in [0.1, 0.15) is 0 Å². The standard InChI is InChI=1S/C11H10BrNOS/c1-7-3-4-8(12)5-9(7)10-6-15-11(13-10)14-2/h3-6H,1-2H3. The Kier molecular flexibility index (Phi) is 3.07. The number of hydrogen-bond donors (Lipinski definition) is 0. The van der Waals surface area contributed by atoms with Crippen molar-refractivity contribution >= 4 is 27.3 Å². The van der Waals surface area contributed by atoms with E-state index in [4.69, 9.17) is 4.74 Å². The van der Waals surface area contributed by atoms with Crippen molar-refractivity contribution in [1.82, 2.24) is 4.98 Å². The second-order valence-corrected chi connectivity index (χ2v) is 4.90. The quantitative estimate of drug-likeness (QED) is 0.834. The summed E-state index contributed by atoms with van der Waals surface area (Å²) < 4.78 is 6.15. The molecule has 1 heterocycles. The van der Waals surface area contributed by atoms with Crippen molar-refractivity contribution in [2.45, 2.75) is 6.92 Å². The van der Waals surface area contributed by atoms with Gasteiger partial charge in [0.25, 0.3) is 5.19 Å². The van der Waals surface area contributed by atoms with Gasteiger partial charge in [0, 0.05) is 15.4 Å². The minimum absolute atomic E-state index is 0.698. The lowest BCUT2D eigenvalue weighted by Crippen LogP contribution is -1.85. The molecule has 1 aromatic carbocycles. The Morgan fingerprint density at radius 2 is 2.20 bits per heavy atom. The van der Waals surface area contributed by atoms with E-state index in [1.54, 1.807) is 7.11 Å². The topological polar surface area (TPSA) is 22.1 Å². The monoisotopic (exact) mass is 283 g/mol. The zero-order valence-electron chi connectivity index (χ0n) is 8.45. The second kappa shape index (κ2) is 4.33. The van der Waals surface area contributed by atoms with Crippen LogP contribution in [-0.2, 0) is 0 Å². The van der Waals surface area contributed by atoms with Gasteiger partial charge in [-0.15, -0.1) is 0 Å². The molecule has 4 heteroatoms. The van der Waals surface area contributed by atoms with Gasteiger partial charge in [0.2, 0.25) is 0 Å². The molecule has 0 aliphatic heterocycles. The summed E-state index contributed by atoms with van der Waals surface area (Å²) in [6.07, 6.45) is 0. The van der Waals surface area contributed by atoms with Crippen molar-refractivity contribution in [1.29, 1.82) is 0 Å². The van der Waals surface area contributed by atoms with Crippen molar-refractivity contribution < 1.29 is 4.74 Å². The maximum Gasteiger partial charge on any atom is 0.273 e. The zero-order valence-corrected chi connectivity index (χ0v) is 10.9. The molecule has 0 bridgehead atoms. The number of aromatic nitrogens is 1. The van der Waals surface area contributed by atoms with Gasteiger partial charge in [0.05, 0.1) is 12.8 Å². The molecule has 0 fully saturated rings. The average molecular weight is 284 g/mol.